The molecule has 28 heavy (non-hydrogen) atoms. The molecule has 3 amide bonds. The van der Waals surface area contributed by atoms with Gasteiger partial charge in [-0.25, -0.2) is 0 Å². The number of amides is 3. The molecule has 1 atom stereocenters. The number of fused-ring (bicyclic) bond motifs is 1. The maximum atomic E-state index is 12.9. The first-order chi connectivity index (χ1) is 13.4. The van der Waals surface area contributed by atoms with Crippen LogP contribution < -0.4 is 5.32 Å². The van der Waals surface area contributed by atoms with Crippen molar-refractivity contribution in [1.82, 2.24) is 10.2 Å². The molecule has 0 spiro atoms. The fraction of sp³-hybridized carbons (Fsp3) is 0.318. The second kappa shape index (κ2) is 8.35. The molecule has 1 aliphatic heterocycles. The second-order valence-corrected chi connectivity index (χ2v) is 7.18. The van der Waals surface area contributed by atoms with Crippen molar-refractivity contribution in [2.24, 2.45) is 5.92 Å². The van der Waals surface area contributed by atoms with Gasteiger partial charge in [-0.1, -0.05) is 50.2 Å². The molecule has 0 radical (unpaired) electrons. The minimum absolute atomic E-state index is 0.216. The van der Waals surface area contributed by atoms with Gasteiger partial charge in [0.2, 0.25) is 5.91 Å². The molecule has 146 valence electrons. The molecule has 0 fully saturated rings. The molecule has 2 aromatic rings. The number of hydrogen-bond acceptors (Lipinski definition) is 4. The van der Waals surface area contributed by atoms with E-state index in [0.717, 1.165) is 16.0 Å². The monoisotopic (exact) mass is 380 g/mol. The largest absolute Gasteiger partial charge is 0.380 e. The summed E-state index contributed by atoms with van der Waals surface area (Å²) in [5, 5.41) is 2.86. The third kappa shape index (κ3) is 3.82. The summed E-state index contributed by atoms with van der Waals surface area (Å²) >= 11 is 0. The molecule has 1 heterocycles. The van der Waals surface area contributed by atoms with E-state index in [-0.39, 0.29) is 11.8 Å². The Morgan fingerprint density at radius 3 is 2.00 bits per heavy atom. The van der Waals surface area contributed by atoms with Gasteiger partial charge < -0.3 is 10.1 Å². The number of imide groups is 1. The topological polar surface area (TPSA) is 75.7 Å². The summed E-state index contributed by atoms with van der Waals surface area (Å²) in [5.74, 6) is -1.39. The molecule has 0 aromatic heterocycles. The number of ether oxygens (including phenoxy) is 1. The van der Waals surface area contributed by atoms with E-state index in [9.17, 15) is 14.4 Å². The lowest BCUT2D eigenvalue weighted by Crippen LogP contribution is -2.52. The third-order valence-corrected chi connectivity index (χ3v) is 4.80. The van der Waals surface area contributed by atoms with Crippen molar-refractivity contribution in [2.45, 2.75) is 33.0 Å². The molecular weight excluding hydrogens is 356 g/mol. The zero-order valence-electron chi connectivity index (χ0n) is 16.3. The number of rotatable bonds is 7. The number of methoxy groups -OCH3 is 1. The highest BCUT2D eigenvalue weighted by Gasteiger charge is 2.43. The Balaban J connectivity index is 1.73. The van der Waals surface area contributed by atoms with Gasteiger partial charge in [-0.3, -0.25) is 19.3 Å². The SMILES string of the molecule is COCc1ccc(CNC(=O)C(C(C)C)N2C(=O)c3ccccc3C2=O)cc1. The van der Waals surface area contributed by atoms with Crippen LogP contribution in [-0.4, -0.2) is 35.8 Å². The van der Waals surface area contributed by atoms with Crippen LogP contribution in [0.15, 0.2) is 48.5 Å². The van der Waals surface area contributed by atoms with Crippen molar-refractivity contribution < 1.29 is 19.1 Å². The van der Waals surface area contributed by atoms with E-state index in [2.05, 4.69) is 5.32 Å². The molecule has 0 saturated carbocycles. The summed E-state index contributed by atoms with van der Waals surface area (Å²) in [4.78, 5) is 39.5. The Labute approximate surface area is 164 Å². The molecule has 1 N–H and O–H groups in total. The van der Waals surface area contributed by atoms with Crippen LogP contribution in [0.4, 0.5) is 0 Å². The van der Waals surface area contributed by atoms with Gasteiger partial charge in [0.05, 0.1) is 17.7 Å². The van der Waals surface area contributed by atoms with Crippen LogP contribution in [0.5, 0.6) is 0 Å². The van der Waals surface area contributed by atoms with Crippen LogP contribution in [0.2, 0.25) is 0 Å². The smallest absolute Gasteiger partial charge is 0.262 e. The van der Waals surface area contributed by atoms with E-state index in [1.807, 2.05) is 38.1 Å². The number of carbonyl (C=O) groups is 3. The van der Waals surface area contributed by atoms with E-state index in [4.69, 9.17) is 4.74 Å². The van der Waals surface area contributed by atoms with Crippen LogP contribution in [0, 0.1) is 5.92 Å². The van der Waals surface area contributed by atoms with Gasteiger partial charge >= 0.3 is 0 Å². The van der Waals surface area contributed by atoms with Gasteiger partial charge in [0, 0.05) is 13.7 Å². The van der Waals surface area contributed by atoms with Gasteiger partial charge in [0.25, 0.3) is 11.8 Å². The van der Waals surface area contributed by atoms with Gasteiger partial charge in [-0.05, 0) is 29.2 Å². The molecule has 6 nitrogen and oxygen atoms in total. The Morgan fingerprint density at radius 2 is 1.50 bits per heavy atom. The molecule has 0 bridgehead atoms. The Morgan fingerprint density at radius 1 is 0.964 bits per heavy atom. The molecule has 6 heteroatoms. The molecule has 1 unspecified atom stereocenters. The van der Waals surface area contributed by atoms with Gasteiger partial charge in [0.1, 0.15) is 6.04 Å². The molecule has 0 saturated heterocycles. The number of nitrogens with one attached hydrogen (secondary N) is 1. The highest BCUT2D eigenvalue weighted by atomic mass is 16.5. The van der Waals surface area contributed by atoms with E-state index in [1.165, 1.54) is 0 Å². The zero-order valence-corrected chi connectivity index (χ0v) is 16.3. The quantitative estimate of drug-likeness (QED) is 0.750. The van der Waals surface area contributed by atoms with Crippen molar-refractivity contribution in [1.29, 1.82) is 0 Å². The minimum atomic E-state index is -0.861. The Bertz CT molecular complexity index is 855. The van der Waals surface area contributed by atoms with Gasteiger partial charge in [0.15, 0.2) is 0 Å². The first kappa shape index (κ1) is 19.8. The zero-order chi connectivity index (χ0) is 20.3. The number of carbonyl (C=O) groups excluding carboxylic acids is 3. The van der Waals surface area contributed by atoms with Crippen molar-refractivity contribution >= 4 is 17.7 Å². The fourth-order valence-corrected chi connectivity index (χ4v) is 3.39. The molecule has 0 aliphatic carbocycles. The average Bonchev–Trinajstić information content (AvgIpc) is 2.93. The van der Waals surface area contributed by atoms with Gasteiger partial charge in [-0.2, -0.15) is 0 Å². The Kier molecular flexibility index (Phi) is 5.90. The minimum Gasteiger partial charge on any atom is -0.380 e. The normalized spacial score (nSPS) is 14.4. The lowest BCUT2D eigenvalue weighted by molar-refractivity contribution is -0.126. The standard InChI is InChI=1S/C22H24N2O4/c1-14(2)19(24-21(26)17-6-4-5-7-18(17)22(24)27)20(25)23-12-15-8-10-16(11-9-15)13-28-3/h4-11,14,19H,12-13H2,1-3H3,(H,23,25). The fourth-order valence-electron chi connectivity index (χ4n) is 3.39. The van der Waals surface area contributed by atoms with E-state index in [1.54, 1.807) is 31.4 Å². The van der Waals surface area contributed by atoms with E-state index >= 15 is 0 Å². The summed E-state index contributed by atoms with van der Waals surface area (Å²) < 4.78 is 5.09. The Hall–Kier alpha value is -2.99. The van der Waals surface area contributed by atoms with Crippen LogP contribution in [-0.2, 0) is 22.7 Å². The second-order valence-electron chi connectivity index (χ2n) is 7.18. The highest BCUT2D eigenvalue weighted by Crippen LogP contribution is 2.27. The molecule has 1 aliphatic rings. The van der Waals surface area contributed by atoms with Crippen molar-refractivity contribution in [3.05, 3.63) is 70.8 Å². The predicted molar refractivity (Wildman–Crippen MR) is 105 cm³/mol. The van der Waals surface area contributed by atoms with Crippen LogP contribution >= 0.6 is 0 Å². The van der Waals surface area contributed by atoms with Crippen molar-refractivity contribution in [3.8, 4) is 0 Å². The number of hydrogen-bond donors (Lipinski definition) is 1. The summed E-state index contributed by atoms with van der Waals surface area (Å²) in [6.07, 6.45) is 0. The third-order valence-electron chi connectivity index (χ3n) is 4.80. The number of benzene rings is 2. The van der Waals surface area contributed by atoms with Gasteiger partial charge in [-0.15, -0.1) is 0 Å². The lowest BCUT2D eigenvalue weighted by atomic mass is 10.0. The van der Waals surface area contributed by atoms with Crippen LogP contribution in [0.25, 0.3) is 0 Å². The summed E-state index contributed by atoms with van der Waals surface area (Å²) in [5.41, 5.74) is 2.67. The number of nitrogens with zero attached hydrogens (tertiary/aromatic N) is 1. The highest BCUT2D eigenvalue weighted by molar-refractivity contribution is 6.22. The first-order valence-corrected chi connectivity index (χ1v) is 9.25. The van der Waals surface area contributed by atoms with Crippen molar-refractivity contribution in [3.63, 3.8) is 0 Å². The maximum Gasteiger partial charge on any atom is 0.262 e. The molecule has 2 aromatic carbocycles. The maximum absolute atomic E-state index is 12.9. The molecule has 3 rings (SSSR count). The predicted octanol–water partition coefficient (Wildman–Crippen LogP) is 2.77. The van der Waals surface area contributed by atoms with Crippen LogP contribution in [0.3, 0.4) is 0 Å². The van der Waals surface area contributed by atoms with Crippen LogP contribution in [0.1, 0.15) is 45.7 Å². The average molecular weight is 380 g/mol. The summed E-state index contributed by atoms with van der Waals surface area (Å²) in [7, 11) is 1.64. The first-order valence-electron chi connectivity index (χ1n) is 9.25. The van der Waals surface area contributed by atoms with Crippen molar-refractivity contribution in [2.75, 3.05) is 7.11 Å². The summed E-state index contributed by atoms with van der Waals surface area (Å²) in [6.45, 7) is 4.50. The lowest BCUT2D eigenvalue weighted by Gasteiger charge is -2.28. The van der Waals surface area contributed by atoms with E-state index in [0.29, 0.717) is 24.3 Å². The summed E-state index contributed by atoms with van der Waals surface area (Å²) in [6, 6.07) is 13.5. The van der Waals surface area contributed by atoms with E-state index < -0.39 is 17.9 Å². The molecular formula is C22H24N2O4.